The van der Waals surface area contributed by atoms with E-state index in [0.717, 1.165) is 23.2 Å². The van der Waals surface area contributed by atoms with Crippen molar-refractivity contribution in [2.24, 2.45) is 0 Å². The topological polar surface area (TPSA) is 109 Å². The van der Waals surface area contributed by atoms with Crippen LogP contribution in [0.4, 0.5) is 24.8 Å². The summed E-state index contributed by atoms with van der Waals surface area (Å²) in [5.41, 5.74) is 0.840. The Hall–Kier alpha value is -3.84. The van der Waals surface area contributed by atoms with Gasteiger partial charge >= 0.3 is 0 Å². The molecule has 4 aromatic rings. The molecule has 210 valence electrons. The van der Waals surface area contributed by atoms with Crippen LogP contribution in [0.3, 0.4) is 0 Å². The highest BCUT2D eigenvalue weighted by atomic mass is 32.2. The molecule has 0 saturated heterocycles. The van der Waals surface area contributed by atoms with Crippen molar-refractivity contribution in [1.29, 1.82) is 0 Å². The Bertz CT molecular complexity index is 1550. The van der Waals surface area contributed by atoms with Crippen molar-refractivity contribution in [2.45, 2.75) is 38.0 Å². The van der Waals surface area contributed by atoms with Gasteiger partial charge in [-0.05, 0) is 42.8 Å². The molecule has 0 spiro atoms. The van der Waals surface area contributed by atoms with Crippen LogP contribution in [0.2, 0.25) is 0 Å². The lowest BCUT2D eigenvalue weighted by Gasteiger charge is -2.11. The molecule has 1 atom stereocenters. The molecule has 0 aliphatic carbocycles. The molecule has 2 heterocycles. The summed E-state index contributed by atoms with van der Waals surface area (Å²) in [5, 5.41) is 6.60. The first-order valence-corrected chi connectivity index (χ1v) is 14.4. The fourth-order valence-electron chi connectivity index (χ4n) is 3.63. The molecule has 8 nitrogen and oxygen atoms in total. The zero-order valence-corrected chi connectivity index (χ0v) is 23.6. The summed E-state index contributed by atoms with van der Waals surface area (Å²) >= 11 is 1.37. The first kappa shape index (κ1) is 29.2. The minimum Gasteiger partial charge on any atom is -0.356 e. The molecule has 1 amide bonds. The first-order valence-electron chi connectivity index (χ1n) is 12.4. The number of aromatic nitrogens is 3. The maximum absolute atomic E-state index is 15.8. The Morgan fingerprint density at radius 2 is 1.88 bits per heavy atom. The van der Waals surface area contributed by atoms with E-state index in [9.17, 15) is 17.8 Å². The number of hydrogen-bond donors (Lipinski definition) is 3. The number of amides is 1. The van der Waals surface area contributed by atoms with Gasteiger partial charge in [-0.3, -0.25) is 9.52 Å². The Morgan fingerprint density at radius 1 is 1.07 bits per heavy atom. The highest BCUT2D eigenvalue weighted by molar-refractivity contribution is 7.86. The lowest BCUT2D eigenvalue weighted by molar-refractivity contribution is -0.118. The maximum atomic E-state index is 15.8. The Labute approximate surface area is 236 Å². The number of carbonyl (C=O) groups is 1. The van der Waals surface area contributed by atoms with Crippen LogP contribution < -0.4 is 15.4 Å². The van der Waals surface area contributed by atoms with E-state index in [1.54, 1.807) is 18.3 Å². The number of carbonyl (C=O) groups excluding carboxylic acids is 1. The van der Waals surface area contributed by atoms with Gasteiger partial charge in [0.25, 0.3) is 0 Å². The molecule has 2 aromatic carbocycles. The molecule has 0 saturated carbocycles. The summed E-state index contributed by atoms with van der Waals surface area (Å²) in [4.78, 5) is 24.7. The lowest BCUT2D eigenvalue weighted by Crippen LogP contribution is -2.22. The van der Waals surface area contributed by atoms with E-state index in [2.05, 4.69) is 25.3 Å². The second-order valence-corrected chi connectivity index (χ2v) is 11.2. The van der Waals surface area contributed by atoms with Crippen LogP contribution >= 0.6 is 11.3 Å². The molecular formula is C27H27F3N6O2S2. The summed E-state index contributed by atoms with van der Waals surface area (Å²) in [5.74, 6) is -2.07. The second-order valence-electron chi connectivity index (χ2n) is 9.03. The predicted molar refractivity (Wildman–Crippen MR) is 151 cm³/mol. The molecule has 0 aliphatic rings. The molecule has 0 fully saturated rings. The summed E-state index contributed by atoms with van der Waals surface area (Å²) < 4.78 is 58.7. The monoisotopic (exact) mass is 588 g/mol. The van der Waals surface area contributed by atoms with Gasteiger partial charge in [0, 0.05) is 37.7 Å². The van der Waals surface area contributed by atoms with Crippen LogP contribution in [-0.4, -0.2) is 38.2 Å². The molecule has 2 aromatic heterocycles. The maximum Gasteiger partial charge on any atom is 0.223 e. The molecular weight excluding hydrogens is 561 g/mol. The summed E-state index contributed by atoms with van der Waals surface area (Å²) in [6.45, 7) is 6.44. The number of rotatable bonds is 11. The van der Waals surface area contributed by atoms with Crippen LogP contribution in [0.1, 0.15) is 38.1 Å². The fourth-order valence-corrected chi connectivity index (χ4v) is 5.62. The normalized spacial score (nSPS) is 11.9. The molecule has 1 unspecified atom stereocenters. The average Bonchev–Trinajstić information content (AvgIpc) is 3.37. The Morgan fingerprint density at radius 3 is 2.62 bits per heavy atom. The largest absolute Gasteiger partial charge is 0.356 e. The second kappa shape index (κ2) is 13.0. The highest BCUT2D eigenvalue weighted by Gasteiger charge is 2.23. The highest BCUT2D eigenvalue weighted by Crippen LogP contribution is 2.40. The number of nitrogens with one attached hydrogen (secondary N) is 3. The quantitative estimate of drug-likeness (QED) is 0.189. The molecule has 4 rings (SSSR count). The first-order chi connectivity index (χ1) is 19.1. The van der Waals surface area contributed by atoms with Gasteiger partial charge in [0.05, 0.1) is 31.9 Å². The van der Waals surface area contributed by atoms with E-state index in [4.69, 9.17) is 4.98 Å². The smallest absolute Gasteiger partial charge is 0.223 e. The van der Waals surface area contributed by atoms with Gasteiger partial charge < -0.3 is 10.6 Å². The Balaban J connectivity index is 1.64. The minimum atomic E-state index is -2.26. The standard InChI is InChI=1S/C27H27F3N6O2S2/c1-15(2)26-35-24(25(39-26)21-10-13-33-27(34-21)32-12-5-11-31-16(3)37)18-6-4-7-20(23(18)30)36-40(38)22-14-17(28)8-9-19(22)29/h4,6-10,13-15,36H,5,11-12H2,1-3H3,(H,31,37)(H,32,33,34). The third-order valence-corrected chi connectivity index (χ3v) is 8.08. The minimum absolute atomic E-state index is 0.0542. The van der Waals surface area contributed by atoms with Crippen molar-refractivity contribution >= 4 is 39.9 Å². The van der Waals surface area contributed by atoms with Crippen LogP contribution in [0.5, 0.6) is 0 Å². The van der Waals surface area contributed by atoms with E-state index in [1.807, 2.05) is 13.8 Å². The number of hydrogen-bond acceptors (Lipinski definition) is 7. The van der Waals surface area contributed by atoms with E-state index in [-0.39, 0.29) is 23.1 Å². The van der Waals surface area contributed by atoms with Crippen molar-refractivity contribution < 1.29 is 22.2 Å². The number of nitrogens with zero attached hydrogens (tertiary/aromatic N) is 3. The van der Waals surface area contributed by atoms with Crippen LogP contribution in [0.15, 0.2) is 53.6 Å². The zero-order chi connectivity index (χ0) is 28.8. The van der Waals surface area contributed by atoms with Gasteiger partial charge in [0.2, 0.25) is 11.9 Å². The number of anilines is 2. The molecule has 13 heteroatoms. The van der Waals surface area contributed by atoms with Crippen LogP contribution in [0.25, 0.3) is 21.8 Å². The lowest BCUT2D eigenvalue weighted by atomic mass is 10.1. The van der Waals surface area contributed by atoms with Gasteiger partial charge in [-0.1, -0.05) is 19.9 Å². The average molecular weight is 589 g/mol. The van der Waals surface area contributed by atoms with Gasteiger partial charge in [0.15, 0.2) is 16.8 Å². The number of halogens is 3. The number of benzene rings is 2. The SMILES string of the molecule is CC(=O)NCCCNc1nccc(-c2sc(C(C)C)nc2-c2cccc(NS(=O)c3cc(F)ccc3F)c2F)n1. The predicted octanol–water partition coefficient (Wildman–Crippen LogP) is 5.88. The van der Waals surface area contributed by atoms with Gasteiger partial charge in [0.1, 0.15) is 11.6 Å². The number of thiazole rings is 1. The summed E-state index contributed by atoms with van der Waals surface area (Å²) in [6, 6.07) is 8.72. The van der Waals surface area contributed by atoms with Gasteiger partial charge in [-0.2, -0.15) is 0 Å². The van der Waals surface area contributed by atoms with Crippen LogP contribution in [0, 0.1) is 17.5 Å². The molecule has 3 N–H and O–H groups in total. The van der Waals surface area contributed by atoms with Gasteiger partial charge in [-0.15, -0.1) is 11.3 Å². The molecule has 0 bridgehead atoms. The molecule has 40 heavy (non-hydrogen) atoms. The summed E-state index contributed by atoms with van der Waals surface area (Å²) in [7, 11) is -2.26. The van der Waals surface area contributed by atoms with E-state index >= 15 is 4.39 Å². The third kappa shape index (κ3) is 7.02. The third-order valence-electron chi connectivity index (χ3n) is 5.59. The molecule has 0 radical (unpaired) electrons. The van der Waals surface area contributed by atoms with E-state index in [0.29, 0.717) is 41.7 Å². The van der Waals surface area contributed by atoms with E-state index in [1.165, 1.54) is 30.4 Å². The zero-order valence-electron chi connectivity index (χ0n) is 21.9. The van der Waals surface area contributed by atoms with Gasteiger partial charge in [-0.25, -0.2) is 32.3 Å². The van der Waals surface area contributed by atoms with Crippen molar-refractivity contribution in [3.05, 3.63) is 71.1 Å². The Kier molecular flexibility index (Phi) is 9.48. The van der Waals surface area contributed by atoms with Crippen molar-refractivity contribution in [2.75, 3.05) is 23.1 Å². The molecule has 0 aliphatic heterocycles. The van der Waals surface area contributed by atoms with Crippen LogP contribution in [-0.2, 0) is 15.8 Å². The van der Waals surface area contributed by atoms with E-state index < -0.39 is 33.3 Å². The fraction of sp³-hybridized carbons (Fsp3) is 0.259. The van der Waals surface area contributed by atoms with Crippen molar-refractivity contribution in [1.82, 2.24) is 20.3 Å². The summed E-state index contributed by atoms with van der Waals surface area (Å²) in [6.07, 6.45) is 2.25. The van der Waals surface area contributed by atoms with Crippen molar-refractivity contribution in [3.8, 4) is 21.8 Å². The van der Waals surface area contributed by atoms with Crippen molar-refractivity contribution in [3.63, 3.8) is 0 Å².